The number of aliphatic imine (C=N–C) groups is 1. The molecule has 0 N–H and O–H groups in total. The average Bonchev–Trinajstić information content (AvgIpc) is 3.15. The maximum atomic E-state index is 11.9. The molecule has 0 fully saturated rings. The molecule has 0 atom stereocenters. The van der Waals surface area contributed by atoms with Crippen LogP contribution in [0.15, 0.2) is 58.7 Å². The molecule has 138 valence electrons. The fraction of sp³-hybridized carbons (Fsp3) is 0.167. The molecule has 0 bridgehead atoms. The van der Waals surface area contributed by atoms with Crippen molar-refractivity contribution in [2.45, 2.75) is 18.0 Å². The molecule has 0 spiro atoms. The second-order valence-electron chi connectivity index (χ2n) is 5.49. The highest BCUT2D eigenvalue weighted by atomic mass is 35.5. The van der Waals surface area contributed by atoms with Crippen LogP contribution in [0.25, 0.3) is 5.69 Å². The van der Waals surface area contributed by atoms with Gasteiger partial charge in [-0.25, -0.2) is 4.99 Å². The Bertz CT molecular complexity index is 946. The first-order valence-corrected chi connectivity index (χ1v) is 9.86. The van der Waals surface area contributed by atoms with Gasteiger partial charge >= 0.3 is 0 Å². The van der Waals surface area contributed by atoms with Crippen molar-refractivity contribution in [1.82, 2.24) is 20.2 Å². The molecule has 0 aliphatic carbocycles. The van der Waals surface area contributed by atoms with Crippen molar-refractivity contribution >= 4 is 47.1 Å². The fourth-order valence-electron chi connectivity index (χ4n) is 2.19. The Hall–Kier alpha value is -2.22. The van der Waals surface area contributed by atoms with E-state index in [1.165, 1.54) is 18.0 Å². The van der Waals surface area contributed by atoms with Crippen LogP contribution in [0.2, 0.25) is 10.0 Å². The fourth-order valence-corrected chi connectivity index (χ4v) is 3.33. The Labute approximate surface area is 170 Å². The molecule has 1 amide bonds. The minimum atomic E-state index is -0.190. The van der Waals surface area contributed by atoms with Crippen LogP contribution in [0.4, 0.5) is 0 Å². The number of hydrogen-bond acceptors (Lipinski definition) is 5. The van der Waals surface area contributed by atoms with E-state index in [0.29, 0.717) is 33.8 Å². The van der Waals surface area contributed by atoms with Crippen LogP contribution in [0.3, 0.4) is 0 Å². The van der Waals surface area contributed by atoms with E-state index in [0.717, 1.165) is 11.3 Å². The molecule has 3 aromatic rings. The van der Waals surface area contributed by atoms with E-state index in [9.17, 15) is 4.79 Å². The Balaban J connectivity index is 1.47. The summed E-state index contributed by atoms with van der Waals surface area (Å²) in [7, 11) is 0. The Morgan fingerprint density at radius 3 is 2.74 bits per heavy atom. The lowest BCUT2D eigenvalue weighted by atomic mass is 10.2. The maximum absolute atomic E-state index is 11.9. The van der Waals surface area contributed by atoms with Crippen molar-refractivity contribution < 1.29 is 4.79 Å². The molecule has 0 aliphatic rings. The number of nitrogens with zero attached hydrogens (tertiary/aromatic N) is 5. The Morgan fingerprint density at radius 1 is 1.15 bits per heavy atom. The molecule has 0 radical (unpaired) electrons. The number of rotatable bonds is 7. The zero-order valence-corrected chi connectivity index (χ0v) is 16.5. The summed E-state index contributed by atoms with van der Waals surface area (Å²) in [6.45, 7) is 0. The minimum absolute atomic E-state index is 0.190. The molecule has 0 unspecified atom stereocenters. The third kappa shape index (κ3) is 5.63. The SMILES string of the molecule is O=C(CCCSc1nnnn1-c1ccccc1)N=Cc1ccc(Cl)c(Cl)c1. The molecule has 6 nitrogen and oxygen atoms in total. The predicted octanol–water partition coefficient (Wildman–Crippen LogP) is 4.49. The number of tetrazole rings is 1. The number of halogens is 2. The smallest absolute Gasteiger partial charge is 0.245 e. The van der Waals surface area contributed by atoms with Crippen LogP contribution in [0, 0.1) is 0 Å². The molecule has 2 aromatic carbocycles. The van der Waals surface area contributed by atoms with E-state index < -0.39 is 0 Å². The number of thioether (sulfide) groups is 1. The van der Waals surface area contributed by atoms with Gasteiger partial charge in [0.25, 0.3) is 0 Å². The summed E-state index contributed by atoms with van der Waals surface area (Å²) in [4.78, 5) is 15.9. The molecule has 0 aliphatic heterocycles. The van der Waals surface area contributed by atoms with Crippen LogP contribution in [-0.2, 0) is 4.79 Å². The van der Waals surface area contributed by atoms with Gasteiger partial charge < -0.3 is 0 Å². The summed E-state index contributed by atoms with van der Waals surface area (Å²) in [5.74, 6) is 0.519. The number of aromatic nitrogens is 4. The molecule has 3 rings (SSSR count). The first-order valence-electron chi connectivity index (χ1n) is 8.12. The van der Waals surface area contributed by atoms with Crippen molar-refractivity contribution in [2.24, 2.45) is 4.99 Å². The van der Waals surface area contributed by atoms with Gasteiger partial charge in [0.05, 0.1) is 15.7 Å². The topological polar surface area (TPSA) is 73.0 Å². The standard InChI is InChI=1S/C18H15Cl2N5OS/c19-15-9-8-13(11-16(15)20)12-21-17(26)7-4-10-27-18-22-23-24-25(18)14-5-2-1-3-6-14/h1-3,5-6,8-9,11-12H,4,7,10H2. The summed E-state index contributed by atoms with van der Waals surface area (Å²) in [6, 6.07) is 14.7. The van der Waals surface area contributed by atoms with Crippen molar-refractivity contribution in [3.05, 3.63) is 64.1 Å². The van der Waals surface area contributed by atoms with Crippen molar-refractivity contribution in [1.29, 1.82) is 0 Å². The molecule has 9 heteroatoms. The first-order chi connectivity index (χ1) is 13.1. The third-order valence-electron chi connectivity index (χ3n) is 3.51. The first kappa shape index (κ1) is 19.5. The number of carbonyl (C=O) groups excluding carboxylic acids is 1. The molecule has 0 saturated heterocycles. The zero-order chi connectivity index (χ0) is 19.1. The molecule has 1 aromatic heterocycles. The normalized spacial score (nSPS) is 11.2. The largest absolute Gasteiger partial charge is 0.273 e. The van der Waals surface area contributed by atoms with Crippen LogP contribution >= 0.6 is 35.0 Å². The summed E-state index contributed by atoms with van der Waals surface area (Å²) in [6.07, 6.45) is 2.51. The summed E-state index contributed by atoms with van der Waals surface area (Å²) in [5.41, 5.74) is 1.63. The molecule has 0 saturated carbocycles. The quantitative estimate of drug-likeness (QED) is 0.320. The minimum Gasteiger partial charge on any atom is -0.273 e. The second kappa shape index (κ2) is 9.64. The number of carbonyl (C=O) groups is 1. The summed E-state index contributed by atoms with van der Waals surface area (Å²) >= 11 is 13.3. The van der Waals surface area contributed by atoms with Gasteiger partial charge in [-0.05, 0) is 46.7 Å². The Kier molecular flexibility index (Phi) is 6.98. The molecular formula is C18H15Cl2N5OS. The zero-order valence-electron chi connectivity index (χ0n) is 14.1. The van der Waals surface area contributed by atoms with E-state index in [1.807, 2.05) is 30.3 Å². The van der Waals surface area contributed by atoms with E-state index in [1.54, 1.807) is 22.9 Å². The number of benzene rings is 2. The van der Waals surface area contributed by atoms with Crippen LogP contribution in [0.5, 0.6) is 0 Å². The van der Waals surface area contributed by atoms with E-state index in [2.05, 4.69) is 20.5 Å². The molecule has 27 heavy (non-hydrogen) atoms. The lowest BCUT2D eigenvalue weighted by Gasteiger charge is -2.03. The van der Waals surface area contributed by atoms with Gasteiger partial charge in [0.1, 0.15) is 0 Å². The van der Waals surface area contributed by atoms with E-state index in [-0.39, 0.29) is 5.91 Å². The van der Waals surface area contributed by atoms with Gasteiger partial charge in [-0.2, -0.15) is 4.68 Å². The van der Waals surface area contributed by atoms with Crippen LogP contribution in [0.1, 0.15) is 18.4 Å². The van der Waals surface area contributed by atoms with Crippen LogP contribution < -0.4 is 0 Å². The molecular weight excluding hydrogens is 405 g/mol. The lowest BCUT2D eigenvalue weighted by Crippen LogP contribution is -2.00. The van der Waals surface area contributed by atoms with Gasteiger partial charge in [-0.1, -0.05) is 59.2 Å². The van der Waals surface area contributed by atoms with Crippen molar-refractivity contribution in [3.8, 4) is 5.69 Å². The van der Waals surface area contributed by atoms with Crippen LogP contribution in [-0.4, -0.2) is 38.1 Å². The Morgan fingerprint density at radius 2 is 1.96 bits per heavy atom. The van der Waals surface area contributed by atoms with Crippen molar-refractivity contribution in [2.75, 3.05) is 5.75 Å². The highest BCUT2D eigenvalue weighted by molar-refractivity contribution is 7.99. The molecule has 1 heterocycles. The maximum Gasteiger partial charge on any atom is 0.245 e. The monoisotopic (exact) mass is 419 g/mol. The average molecular weight is 420 g/mol. The summed E-state index contributed by atoms with van der Waals surface area (Å²) in [5, 5.41) is 13.3. The summed E-state index contributed by atoms with van der Waals surface area (Å²) < 4.78 is 1.68. The number of para-hydroxylation sites is 1. The van der Waals surface area contributed by atoms with Gasteiger partial charge in [-0.3, -0.25) is 4.79 Å². The van der Waals surface area contributed by atoms with E-state index in [4.69, 9.17) is 23.2 Å². The highest BCUT2D eigenvalue weighted by Crippen LogP contribution is 2.22. The van der Waals surface area contributed by atoms with Gasteiger partial charge in [-0.15, -0.1) is 5.10 Å². The number of amides is 1. The van der Waals surface area contributed by atoms with Crippen molar-refractivity contribution in [3.63, 3.8) is 0 Å². The van der Waals surface area contributed by atoms with E-state index >= 15 is 0 Å². The lowest BCUT2D eigenvalue weighted by molar-refractivity contribution is -0.117. The highest BCUT2D eigenvalue weighted by Gasteiger charge is 2.09. The van der Waals surface area contributed by atoms with Gasteiger partial charge in [0.2, 0.25) is 11.1 Å². The van der Waals surface area contributed by atoms with Gasteiger partial charge in [0.15, 0.2) is 0 Å². The second-order valence-corrected chi connectivity index (χ2v) is 7.36. The predicted molar refractivity (Wildman–Crippen MR) is 108 cm³/mol. The number of hydrogen-bond donors (Lipinski definition) is 0. The third-order valence-corrected chi connectivity index (χ3v) is 5.25. The van der Waals surface area contributed by atoms with Gasteiger partial charge in [0, 0.05) is 18.4 Å².